The van der Waals surface area contributed by atoms with Gasteiger partial charge in [0.05, 0.1) is 5.69 Å². The maximum absolute atomic E-state index is 11.4. The third kappa shape index (κ3) is 3.93. The first-order valence-electron chi connectivity index (χ1n) is 5.84. The molecule has 0 N–H and O–H groups in total. The van der Waals surface area contributed by atoms with Gasteiger partial charge >= 0.3 is 0 Å². The predicted molar refractivity (Wildman–Crippen MR) is 78.0 cm³/mol. The van der Waals surface area contributed by atoms with E-state index in [-0.39, 0.29) is 5.78 Å². The third-order valence-electron chi connectivity index (χ3n) is 2.13. The zero-order valence-electron chi connectivity index (χ0n) is 10.7. The summed E-state index contributed by atoms with van der Waals surface area (Å²) in [6.45, 7) is 7.10. The average molecular weight is 259 g/mol. The van der Waals surface area contributed by atoms with Gasteiger partial charge in [0.1, 0.15) is 0 Å². The normalized spacial score (nSPS) is 9.22. The Bertz CT molecular complexity index is 502. The Hall–Kier alpha value is -1.74. The van der Waals surface area contributed by atoms with E-state index in [1.807, 2.05) is 49.6 Å². The molecule has 3 heteroatoms. The van der Waals surface area contributed by atoms with Crippen molar-refractivity contribution in [2.45, 2.75) is 20.3 Å². The van der Waals surface area contributed by atoms with Crippen molar-refractivity contribution in [1.82, 2.24) is 4.98 Å². The molecule has 0 saturated carbocycles. The maximum Gasteiger partial charge on any atom is 0.191 e. The molecule has 0 atom stereocenters. The number of hydrogen-bond acceptors (Lipinski definition) is 3. The molecule has 94 valence electrons. The van der Waals surface area contributed by atoms with Crippen LogP contribution in [-0.4, -0.2) is 10.8 Å². The first kappa shape index (κ1) is 14.3. The number of hydrogen-bond donors (Lipinski definition) is 0. The molecule has 2 rings (SSSR count). The van der Waals surface area contributed by atoms with E-state index in [2.05, 4.69) is 11.6 Å². The molecule has 2 aromatic rings. The highest BCUT2D eigenvalue weighted by Crippen LogP contribution is 2.22. The highest BCUT2D eigenvalue weighted by molar-refractivity contribution is 7.12. The summed E-state index contributed by atoms with van der Waals surface area (Å²) >= 11 is 1.42. The standard InChI is InChI=1S/C12H11NOS.C3H6/c1-2-11(14)12-13-10(8-15-12)9-6-4-3-5-7-9;1-3-2/h3-8H,2H2,1H3;3H,1H2,2H3. The van der Waals surface area contributed by atoms with E-state index < -0.39 is 0 Å². The van der Waals surface area contributed by atoms with Crippen molar-refractivity contribution in [3.8, 4) is 11.3 Å². The molecule has 0 aliphatic heterocycles. The number of ketones is 1. The first-order valence-corrected chi connectivity index (χ1v) is 6.72. The van der Waals surface area contributed by atoms with Gasteiger partial charge in [-0.15, -0.1) is 17.9 Å². The molecule has 0 saturated heterocycles. The van der Waals surface area contributed by atoms with Crippen molar-refractivity contribution in [3.63, 3.8) is 0 Å². The van der Waals surface area contributed by atoms with Crippen molar-refractivity contribution in [2.75, 3.05) is 0 Å². The molecule has 2 nitrogen and oxygen atoms in total. The number of Topliss-reactive ketones (excluding diaryl/α,β-unsaturated/α-hetero) is 1. The van der Waals surface area contributed by atoms with Crippen LogP contribution in [0.2, 0.25) is 0 Å². The van der Waals surface area contributed by atoms with Gasteiger partial charge in [0.2, 0.25) is 0 Å². The molecule has 0 radical (unpaired) electrons. The summed E-state index contributed by atoms with van der Waals surface area (Å²) in [5, 5.41) is 2.54. The van der Waals surface area contributed by atoms with E-state index in [9.17, 15) is 4.79 Å². The minimum absolute atomic E-state index is 0.113. The zero-order valence-corrected chi connectivity index (χ0v) is 11.5. The molecule has 0 fully saturated rings. The molecule has 1 heterocycles. The number of aromatic nitrogens is 1. The van der Waals surface area contributed by atoms with Gasteiger partial charge in [-0.3, -0.25) is 4.79 Å². The smallest absolute Gasteiger partial charge is 0.191 e. The quantitative estimate of drug-likeness (QED) is 0.596. The summed E-state index contributed by atoms with van der Waals surface area (Å²) in [6.07, 6.45) is 2.27. The van der Waals surface area contributed by atoms with Gasteiger partial charge in [0, 0.05) is 17.4 Å². The number of carbonyl (C=O) groups excluding carboxylic acids is 1. The second-order valence-electron chi connectivity index (χ2n) is 3.59. The molecule has 0 bridgehead atoms. The minimum Gasteiger partial charge on any atom is -0.292 e. The van der Waals surface area contributed by atoms with Gasteiger partial charge in [0.15, 0.2) is 10.8 Å². The van der Waals surface area contributed by atoms with Crippen LogP contribution >= 0.6 is 11.3 Å². The van der Waals surface area contributed by atoms with Crippen LogP contribution in [0, 0.1) is 0 Å². The van der Waals surface area contributed by atoms with Gasteiger partial charge in [-0.2, -0.15) is 0 Å². The predicted octanol–water partition coefficient (Wildman–Crippen LogP) is 4.60. The van der Waals surface area contributed by atoms with E-state index >= 15 is 0 Å². The SMILES string of the molecule is C=CC.CCC(=O)c1nc(-c2ccccc2)cs1. The molecule has 1 aromatic heterocycles. The van der Waals surface area contributed by atoms with Gasteiger partial charge in [-0.25, -0.2) is 4.98 Å². The molecule has 18 heavy (non-hydrogen) atoms. The lowest BCUT2D eigenvalue weighted by Gasteiger charge is -1.93. The van der Waals surface area contributed by atoms with E-state index in [0.29, 0.717) is 11.4 Å². The molecular formula is C15H17NOS. The highest BCUT2D eigenvalue weighted by atomic mass is 32.1. The minimum atomic E-state index is 0.113. The van der Waals surface area contributed by atoms with Crippen molar-refractivity contribution in [2.24, 2.45) is 0 Å². The topological polar surface area (TPSA) is 30.0 Å². The van der Waals surface area contributed by atoms with Crippen LogP contribution < -0.4 is 0 Å². The Labute approximate surface area is 112 Å². The van der Waals surface area contributed by atoms with Crippen LogP contribution in [0.1, 0.15) is 30.1 Å². The van der Waals surface area contributed by atoms with E-state index in [4.69, 9.17) is 0 Å². The number of allylic oxidation sites excluding steroid dienone is 1. The van der Waals surface area contributed by atoms with Crippen molar-refractivity contribution in [1.29, 1.82) is 0 Å². The lowest BCUT2D eigenvalue weighted by Crippen LogP contribution is -1.94. The highest BCUT2D eigenvalue weighted by Gasteiger charge is 2.09. The van der Waals surface area contributed by atoms with Crippen LogP contribution in [0.3, 0.4) is 0 Å². The monoisotopic (exact) mass is 259 g/mol. The fourth-order valence-corrected chi connectivity index (χ4v) is 2.13. The number of nitrogens with zero attached hydrogens (tertiary/aromatic N) is 1. The fourth-order valence-electron chi connectivity index (χ4n) is 1.29. The Kier molecular flexibility index (Phi) is 6.01. The molecular weight excluding hydrogens is 242 g/mol. The van der Waals surface area contributed by atoms with Crippen LogP contribution in [0.15, 0.2) is 48.4 Å². The second kappa shape index (κ2) is 7.56. The molecule has 1 aromatic carbocycles. The van der Waals surface area contributed by atoms with Gasteiger partial charge in [-0.05, 0) is 6.92 Å². The average Bonchev–Trinajstić information content (AvgIpc) is 2.89. The van der Waals surface area contributed by atoms with Crippen LogP contribution in [0.25, 0.3) is 11.3 Å². The molecule has 0 aliphatic carbocycles. The Morgan fingerprint density at radius 1 is 1.39 bits per heavy atom. The lowest BCUT2D eigenvalue weighted by atomic mass is 10.2. The summed E-state index contributed by atoms with van der Waals surface area (Å²) in [5.74, 6) is 0.113. The van der Waals surface area contributed by atoms with Crippen molar-refractivity contribution < 1.29 is 4.79 Å². The van der Waals surface area contributed by atoms with Crippen LogP contribution in [-0.2, 0) is 0 Å². The van der Waals surface area contributed by atoms with Crippen molar-refractivity contribution >= 4 is 17.1 Å². The molecule has 0 spiro atoms. The summed E-state index contributed by atoms with van der Waals surface area (Å²) in [6, 6.07) is 9.89. The zero-order chi connectivity index (χ0) is 13.4. The summed E-state index contributed by atoms with van der Waals surface area (Å²) in [7, 11) is 0. The number of carbonyl (C=O) groups is 1. The third-order valence-corrected chi connectivity index (χ3v) is 3.02. The summed E-state index contributed by atoms with van der Waals surface area (Å²) in [5.41, 5.74) is 1.95. The van der Waals surface area contributed by atoms with Gasteiger partial charge in [0.25, 0.3) is 0 Å². The van der Waals surface area contributed by atoms with E-state index in [0.717, 1.165) is 11.3 Å². The maximum atomic E-state index is 11.4. The molecule has 0 aliphatic rings. The Morgan fingerprint density at radius 2 is 2.00 bits per heavy atom. The Morgan fingerprint density at radius 3 is 2.56 bits per heavy atom. The van der Waals surface area contributed by atoms with Crippen LogP contribution in [0.5, 0.6) is 0 Å². The number of thiazole rings is 1. The number of benzene rings is 1. The van der Waals surface area contributed by atoms with Crippen molar-refractivity contribution in [3.05, 3.63) is 53.4 Å². The fraction of sp³-hybridized carbons (Fsp3) is 0.200. The Balaban J connectivity index is 0.000000492. The van der Waals surface area contributed by atoms with E-state index in [1.165, 1.54) is 11.3 Å². The van der Waals surface area contributed by atoms with Crippen LogP contribution in [0.4, 0.5) is 0 Å². The van der Waals surface area contributed by atoms with E-state index in [1.54, 1.807) is 6.08 Å². The number of rotatable bonds is 3. The largest absolute Gasteiger partial charge is 0.292 e. The lowest BCUT2D eigenvalue weighted by molar-refractivity contribution is 0.0988. The summed E-state index contributed by atoms with van der Waals surface area (Å²) in [4.78, 5) is 15.7. The molecule has 0 unspecified atom stereocenters. The second-order valence-corrected chi connectivity index (χ2v) is 4.45. The van der Waals surface area contributed by atoms with Gasteiger partial charge in [-0.1, -0.05) is 43.3 Å². The molecule has 0 amide bonds. The van der Waals surface area contributed by atoms with Gasteiger partial charge < -0.3 is 0 Å². The first-order chi connectivity index (χ1) is 8.72. The summed E-state index contributed by atoms with van der Waals surface area (Å²) < 4.78 is 0.